The number of amides is 3. The first kappa shape index (κ1) is 24.4. The fraction of sp³-hybridized carbons (Fsp3) is 0.448. The quantitative estimate of drug-likeness (QED) is 0.586. The van der Waals surface area contributed by atoms with Crippen molar-refractivity contribution in [3.8, 4) is 11.5 Å². The third-order valence-corrected chi connectivity index (χ3v) is 7.68. The van der Waals surface area contributed by atoms with Crippen LogP contribution < -0.4 is 14.8 Å². The summed E-state index contributed by atoms with van der Waals surface area (Å²) in [4.78, 5) is 30.4. The van der Waals surface area contributed by atoms with Crippen LogP contribution in [0.4, 0.5) is 4.79 Å². The molecule has 2 saturated heterocycles. The molecule has 0 aromatic heterocycles. The molecule has 0 spiro atoms. The fourth-order valence-corrected chi connectivity index (χ4v) is 5.79. The Morgan fingerprint density at radius 3 is 2.47 bits per heavy atom. The zero-order chi connectivity index (χ0) is 25.1. The molecule has 0 radical (unpaired) electrons. The summed E-state index contributed by atoms with van der Waals surface area (Å²) in [6.45, 7) is 7.38. The van der Waals surface area contributed by atoms with E-state index in [4.69, 9.17) is 9.47 Å². The van der Waals surface area contributed by atoms with E-state index in [-0.39, 0.29) is 30.5 Å². The second kappa shape index (κ2) is 10.3. The number of likely N-dealkylation sites (tertiary alicyclic amines) is 1. The van der Waals surface area contributed by atoms with Gasteiger partial charge in [-0.05, 0) is 62.9 Å². The zero-order valence-electron chi connectivity index (χ0n) is 21.1. The number of rotatable bonds is 7. The highest BCUT2D eigenvalue weighted by Gasteiger charge is 2.55. The maximum atomic E-state index is 13.7. The Kier molecular flexibility index (Phi) is 7.01. The summed E-state index contributed by atoms with van der Waals surface area (Å²) >= 11 is 0. The SMILES string of the molecule is CCC1(C2CCN(C/C(C)=C/c3ccccc3)CC2)NC(=O)N(CC2COc3ccccc3O2)C1=O. The zero-order valence-corrected chi connectivity index (χ0v) is 21.1. The van der Waals surface area contributed by atoms with E-state index >= 15 is 0 Å². The maximum absolute atomic E-state index is 13.7. The number of fused-ring (bicyclic) bond motifs is 1. The number of para-hydroxylation sites is 2. The predicted octanol–water partition coefficient (Wildman–Crippen LogP) is 4.34. The highest BCUT2D eigenvalue weighted by atomic mass is 16.6. The number of nitrogens with zero attached hydrogens (tertiary/aromatic N) is 2. The van der Waals surface area contributed by atoms with Crippen LogP contribution in [0.15, 0.2) is 60.2 Å². The number of carbonyl (C=O) groups is 2. The van der Waals surface area contributed by atoms with Crippen LogP contribution in [0.2, 0.25) is 0 Å². The van der Waals surface area contributed by atoms with Crippen molar-refractivity contribution in [2.45, 2.75) is 44.8 Å². The van der Waals surface area contributed by atoms with Crippen LogP contribution in [0.25, 0.3) is 6.08 Å². The highest BCUT2D eigenvalue weighted by Crippen LogP contribution is 2.37. The van der Waals surface area contributed by atoms with Crippen LogP contribution in [-0.4, -0.2) is 66.2 Å². The molecule has 3 aliphatic rings. The van der Waals surface area contributed by atoms with Crippen molar-refractivity contribution in [2.75, 3.05) is 32.8 Å². The van der Waals surface area contributed by atoms with Crippen molar-refractivity contribution in [1.29, 1.82) is 0 Å². The summed E-state index contributed by atoms with van der Waals surface area (Å²) in [5.41, 5.74) is 1.69. The summed E-state index contributed by atoms with van der Waals surface area (Å²) in [5, 5.41) is 3.09. The first-order chi connectivity index (χ1) is 17.5. The molecule has 36 heavy (non-hydrogen) atoms. The highest BCUT2D eigenvalue weighted by molar-refractivity contribution is 6.07. The second-order valence-electron chi connectivity index (χ2n) is 10.1. The van der Waals surface area contributed by atoms with Gasteiger partial charge in [0.25, 0.3) is 5.91 Å². The van der Waals surface area contributed by atoms with Gasteiger partial charge in [0.05, 0.1) is 6.54 Å². The number of urea groups is 1. The number of nitrogens with one attached hydrogen (secondary N) is 1. The number of hydrogen-bond acceptors (Lipinski definition) is 5. The lowest BCUT2D eigenvalue weighted by atomic mass is 9.75. The Hall–Kier alpha value is -3.32. The molecule has 1 N–H and O–H groups in total. The third kappa shape index (κ3) is 4.85. The molecule has 3 heterocycles. The van der Waals surface area contributed by atoms with Gasteiger partial charge >= 0.3 is 6.03 Å². The number of piperidine rings is 1. The van der Waals surface area contributed by atoms with Gasteiger partial charge in [-0.25, -0.2) is 4.79 Å². The number of benzene rings is 2. The van der Waals surface area contributed by atoms with E-state index in [1.165, 1.54) is 16.0 Å². The smallest absolute Gasteiger partial charge is 0.325 e. The lowest BCUT2D eigenvalue weighted by molar-refractivity contribution is -0.135. The van der Waals surface area contributed by atoms with Crippen LogP contribution >= 0.6 is 0 Å². The van der Waals surface area contributed by atoms with Gasteiger partial charge < -0.3 is 14.8 Å². The van der Waals surface area contributed by atoms with E-state index in [0.717, 1.165) is 32.5 Å². The Morgan fingerprint density at radius 2 is 1.75 bits per heavy atom. The average molecular weight is 490 g/mol. The molecule has 190 valence electrons. The second-order valence-corrected chi connectivity index (χ2v) is 10.1. The van der Waals surface area contributed by atoms with Crippen LogP contribution in [0, 0.1) is 5.92 Å². The van der Waals surface area contributed by atoms with E-state index < -0.39 is 5.54 Å². The van der Waals surface area contributed by atoms with Gasteiger partial charge in [0.1, 0.15) is 12.1 Å². The van der Waals surface area contributed by atoms with E-state index in [2.05, 4.69) is 47.5 Å². The molecule has 2 atom stereocenters. The third-order valence-electron chi connectivity index (χ3n) is 7.68. The molecule has 3 amide bonds. The Balaban J connectivity index is 1.20. The minimum absolute atomic E-state index is 0.114. The minimum Gasteiger partial charge on any atom is -0.486 e. The molecule has 2 fully saturated rings. The lowest BCUT2D eigenvalue weighted by Crippen LogP contribution is -2.56. The molecular formula is C29H35N3O4. The molecule has 7 heteroatoms. The molecule has 5 rings (SSSR count). The first-order valence-electron chi connectivity index (χ1n) is 13.0. The van der Waals surface area contributed by atoms with Gasteiger partial charge in [-0.2, -0.15) is 0 Å². The molecule has 0 bridgehead atoms. The average Bonchev–Trinajstić information content (AvgIpc) is 3.14. The van der Waals surface area contributed by atoms with Crippen molar-refractivity contribution >= 4 is 18.0 Å². The normalized spacial score (nSPS) is 25.2. The largest absolute Gasteiger partial charge is 0.486 e. The lowest BCUT2D eigenvalue weighted by Gasteiger charge is -2.40. The summed E-state index contributed by atoms with van der Waals surface area (Å²) in [5.74, 6) is 1.32. The van der Waals surface area contributed by atoms with Gasteiger partial charge in [0.2, 0.25) is 0 Å². The molecule has 3 aliphatic heterocycles. The van der Waals surface area contributed by atoms with Gasteiger partial charge in [-0.3, -0.25) is 14.6 Å². The van der Waals surface area contributed by atoms with Crippen molar-refractivity contribution < 1.29 is 19.1 Å². The van der Waals surface area contributed by atoms with Gasteiger partial charge in [-0.15, -0.1) is 0 Å². The summed E-state index contributed by atoms with van der Waals surface area (Å²) in [7, 11) is 0. The van der Waals surface area contributed by atoms with Crippen molar-refractivity contribution in [2.24, 2.45) is 5.92 Å². The fourth-order valence-electron chi connectivity index (χ4n) is 5.79. The molecule has 0 aliphatic carbocycles. The molecule has 2 unspecified atom stereocenters. The Morgan fingerprint density at radius 1 is 1.06 bits per heavy atom. The molecular weight excluding hydrogens is 454 g/mol. The summed E-state index contributed by atoms with van der Waals surface area (Å²) < 4.78 is 11.8. The predicted molar refractivity (Wildman–Crippen MR) is 139 cm³/mol. The Bertz CT molecular complexity index is 1130. The van der Waals surface area contributed by atoms with E-state index in [1.54, 1.807) is 0 Å². The monoisotopic (exact) mass is 489 g/mol. The number of hydrogen-bond donors (Lipinski definition) is 1. The standard InChI is InChI=1S/C29H35N3O4/c1-3-29(23-13-15-31(16-14-23)18-21(2)17-22-9-5-4-6-10-22)27(33)32(28(34)30-29)19-24-20-35-25-11-7-8-12-26(25)36-24/h4-12,17,23-24H,3,13-16,18-20H2,1-2H3,(H,30,34)/b21-17+. The van der Waals surface area contributed by atoms with Gasteiger partial charge in [0, 0.05) is 6.54 Å². The van der Waals surface area contributed by atoms with E-state index in [0.29, 0.717) is 24.5 Å². The van der Waals surface area contributed by atoms with Gasteiger partial charge in [0.15, 0.2) is 17.6 Å². The van der Waals surface area contributed by atoms with E-state index in [9.17, 15) is 9.59 Å². The van der Waals surface area contributed by atoms with Crippen LogP contribution in [0.3, 0.4) is 0 Å². The van der Waals surface area contributed by atoms with Gasteiger partial charge in [-0.1, -0.05) is 61.0 Å². The van der Waals surface area contributed by atoms with Crippen LogP contribution in [0.1, 0.15) is 38.7 Å². The van der Waals surface area contributed by atoms with Crippen LogP contribution in [-0.2, 0) is 4.79 Å². The molecule has 2 aromatic carbocycles. The number of carbonyl (C=O) groups excluding carboxylic acids is 2. The van der Waals surface area contributed by atoms with Crippen molar-refractivity contribution in [1.82, 2.24) is 15.1 Å². The number of ether oxygens (including phenoxy) is 2. The summed E-state index contributed by atoms with van der Waals surface area (Å²) in [6.07, 6.45) is 4.18. The maximum Gasteiger partial charge on any atom is 0.325 e. The first-order valence-corrected chi connectivity index (χ1v) is 13.0. The summed E-state index contributed by atoms with van der Waals surface area (Å²) in [6, 6.07) is 17.5. The van der Waals surface area contributed by atoms with Crippen molar-refractivity contribution in [3.05, 3.63) is 65.7 Å². The van der Waals surface area contributed by atoms with Crippen molar-refractivity contribution in [3.63, 3.8) is 0 Å². The number of imide groups is 1. The minimum atomic E-state index is -0.842. The molecule has 7 nitrogen and oxygen atoms in total. The Labute approximate surface area is 213 Å². The topological polar surface area (TPSA) is 71.1 Å². The molecule has 0 saturated carbocycles. The molecule has 2 aromatic rings. The van der Waals surface area contributed by atoms with E-state index in [1.807, 2.05) is 37.3 Å². The van der Waals surface area contributed by atoms with Crippen LogP contribution in [0.5, 0.6) is 11.5 Å².